The Bertz CT molecular complexity index is 582. The Balaban J connectivity index is 2.43. The van der Waals surface area contributed by atoms with Gasteiger partial charge in [0.05, 0.1) is 7.11 Å². The van der Waals surface area contributed by atoms with Gasteiger partial charge in [0.1, 0.15) is 11.6 Å². The van der Waals surface area contributed by atoms with E-state index in [0.29, 0.717) is 5.92 Å². The summed E-state index contributed by atoms with van der Waals surface area (Å²) in [4.78, 5) is 9.19. The van der Waals surface area contributed by atoms with Gasteiger partial charge in [-0.25, -0.2) is 9.97 Å². The summed E-state index contributed by atoms with van der Waals surface area (Å²) >= 11 is 0. The third-order valence-electron chi connectivity index (χ3n) is 2.98. The summed E-state index contributed by atoms with van der Waals surface area (Å²) in [6.45, 7) is 4.37. The Morgan fingerprint density at radius 1 is 1.20 bits per heavy atom. The summed E-state index contributed by atoms with van der Waals surface area (Å²) in [6, 6.07) is 9.82. The zero-order chi connectivity index (χ0) is 14.5. The normalized spacial score (nSPS) is 10.7. The lowest BCUT2D eigenvalue weighted by atomic mass is 10.1. The average molecular weight is 271 g/mol. The van der Waals surface area contributed by atoms with Crippen molar-refractivity contribution in [1.29, 1.82) is 0 Å². The van der Waals surface area contributed by atoms with Gasteiger partial charge < -0.3 is 10.1 Å². The Labute approximate surface area is 120 Å². The van der Waals surface area contributed by atoms with E-state index < -0.39 is 0 Å². The third kappa shape index (κ3) is 3.47. The van der Waals surface area contributed by atoms with Gasteiger partial charge in [-0.1, -0.05) is 26.0 Å². The quantitative estimate of drug-likeness (QED) is 0.905. The summed E-state index contributed by atoms with van der Waals surface area (Å²) < 4.78 is 5.26. The minimum absolute atomic E-state index is 0.563. The first-order valence-corrected chi connectivity index (χ1v) is 6.82. The molecule has 4 nitrogen and oxygen atoms in total. The molecule has 0 unspecified atom stereocenters. The van der Waals surface area contributed by atoms with E-state index >= 15 is 0 Å². The first-order chi connectivity index (χ1) is 9.62. The maximum absolute atomic E-state index is 5.26. The minimum Gasteiger partial charge on any atom is -0.497 e. The Morgan fingerprint density at radius 2 is 2.00 bits per heavy atom. The van der Waals surface area contributed by atoms with Crippen LogP contribution in [0.25, 0.3) is 11.4 Å². The summed E-state index contributed by atoms with van der Waals surface area (Å²) in [7, 11) is 3.53. The Hall–Kier alpha value is -2.10. The fraction of sp³-hybridized carbons (Fsp3) is 0.375. The van der Waals surface area contributed by atoms with Gasteiger partial charge in [-0.2, -0.15) is 0 Å². The first-order valence-electron chi connectivity index (χ1n) is 6.82. The maximum Gasteiger partial charge on any atom is 0.161 e. The van der Waals surface area contributed by atoms with Crippen molar-refractivity contribution < 1.29 is 4.74 Å². The summed E-state index contributed by atoms with van der Waals surface area (Å²) in [5.74, 6) is 2.94. The largest absolute Gasteiger partial charge is 0.497 e. The molecular weight excluding hydrogens is 250 g/mol. The lowest BCUT2D eigenvalue weighted by Crippen LogP contribution is -2.03. The molecule has 0 aliphatic carbocycles. The number of anilines is 1. The molecule has 1 aromatic carbocycles. The van der Waals surface area contributed by atoms with Crippen molar-refractivity contribution in [2.24, 2.45) is 5.92 Å². The molecule has 2 rings (SSSR count). The molecule has 106 valence electrons. The SMILES string of the molecule is CNc1cc(CC(C)C)nc(-c2cccc(OC)c2)n1. The predicted molar refractivity (Wildman–Crippen MR) is 82.1 cm³/mol. The van der Waals surface area contributed by atoms with Crippen LogP contribution in [-0.2, 0) is 6.42 Å². The van der Waals surface area contributed by atoms with Crippen molar-refractivity contribution in [2.75, 3.05) is 19.5 Å². The van der Waals surface area contributed by atoms with Crippen LogP contribution < -0.4 is 10.1 Å². The van der Waals surface area contributed by atoms with Crippen molar-refractivity contribution in [3.05, 3.63) is 36.0 Å². The molecule has 2 aromatic rings. The summed E-state index contributed by atoms with van der Waals surface area (Å²) in [6.07, 6.45) is 0.939. The number of benzene rings is 1. The molecule has 1 heterocycles. The Morgan fingerprint density at radius 3 is 2.65 bits per heavy atom. The summed E-state index contributed by atoms with van der Waals surface area (Å²) in [5.41, 5.74) is 2.02. The second kappa shape index (κ2) is 6.37. The molecule has 1 aromatic heterocycles. The maximum atomic E-state index is 5.26. The predicted octanol–water partition coefficient (Wildman–Crippen LogP) is 3.39. The number of ether oxygens (including phenoxy) is 1. The first kappa shape index (κ1) is 14.3. The van der Waals surface area contributed by atoms with Crippen molar-refractivity contribution in [3.63, 3.8) is 0 Å². The number of methoxy groups -OCH3 is 1. The van der Waals surface area contributed by atoms with Crippen LogP contribution >= 0.6 is 0 Å². The molecule has 20 heavy (non-hydrogen) atoms. The van der Waals surface area contributed by atoms with E-state index in [9.17, 15) is 0 Å². The molecule has 0 radical (unpaired) electrons. The molecule has 4 heteroatoms. The van der Waals surface area contributed by atoms with Gasteiger partial charge in [0.15, 0.2) is 5.82 Å². The van der Waals surface area contributed by atoms with Gasteiger partial charge in [-0.05, 0) is 24.5 Å². The van der Waals surface area contributed by atoms with E-state index in [-0.39, 0.29) is 0 Å². The van der Waals surface area contributed by atoms with Crippen LogP contribution in [0.2, 0.25) is 0 Å². The van der Waals surface area contributed by atoms with Crippen LogP contribution in [-0.4, -0.2) is 24.1 Å². The molecule has 0 aliphatic heterocycles. The van der Waals surface area contributed by atoms with Crippen LogP contribution in [0, 0.1) is 5.92 Å². The van der Waals surface area contributed by atoms with Crippen LogP contribution in [0.4, 0.5) is 5.82 Å². The molecule has 0 amide bonds. The number of nitrogens with zero attached hydrogens (tertiary/aromatic N) is 2. The lowest BCUT2D eigenvalue weighted by Gasteiger charge is -2.10. The summed E-state index contributed by atoms with van der Waals surface area (Å²) in [5, 5.41) is 3.10. The van der Waals surface area contributed by atoms with Crippen molar-refractivity contribution in [3.8, 4) is 17.1 Å². The van der Waals surface area contributed by atoms with Gasteiger partial charge >= 0.3 is 0 Å². The number of aromatic nitrogens is 2. The number of rotatable bonds is 5. The number of nitrogens with one attached hydrogen (secondary N) is 1. The van der Waals surface area contributed by atoms with Crippen molar-refractivity contribution in [2.45, 2.75) is 20.3 Å². The van der Waals surface area contributed by atoms with Crippen molar-refractivity contribution >= 4 is 5.82 Å². The fourth-order valence-corrected chi connectivity index (χ4v) is 2.04. The standard InChI is InChI=1S/C16H21N3O/c1-11(2)8-13-10-15(17-3)19-16(18-13)12-6-5-7-14(9-12)20-4/h5-7,9-11H,8H2,1-4H3,(H,17,18,19). The van der Waals surface area contributed by atoms with E-state index in [1.807, 2.05) is 37.4 Å². The monoisotopic (exact) mass is 271 g/mol. The highest BCUT2D eigenvalue weighted by molar-refractivity contribution is 5.59. The van der Waals surface area contributed by atoms with Gasteiger partial charge in [0.2, 0.25) is 0 Å². The zero-order valence-electron chi connectivity index (χ0n) is 12.5. The highest BCUT2D eigenvalue weighted by atomic mass is 16.5. The second-order valence-corrected chi connectivity index (χ2v) is 5.15. The zero-order valence-corrected chi connectivity index (χ0v) is 12.5. The molecular formula is C16H21N3O. The molecule has 0 atom stereocenters. The van der Waals surface area contributed by atoms with Crippen LogP contribution in [0.15, 0.2) is 30.3 Å². The topological polar surface area (TPSA) is 47.0 Å². The van der Waals surface area contributed by atoms with E-state index in [0.717, 1.165) is 35.1 Å². The molecule has 0 bridgehead atoms. The molecule has 0 aliphatic rings. The molecule has 0 saturated heterocycles. The van der Waals surface area contributed by atoms with Gasteiger partial charge in [-0.3, -0.25) is 0 Å². The molecule has 0 spiro atoms. The minimum atomic E-state index is 0.563. The van der Waals surface area contributed by atoms with Gasteiger partial charge in [0, 0.05) is 24.4 Å². The fourth-order valence-electron chi connectivity index (χ4n) is 2.04. The van der Waals surface area contributed by atoms with Crippen LogP contribution in [0.5, 0.6) is 5.75 Å². The molecule has 1 N–H and O–H groups in total. The molecule has 0 fully saturated rings. The Kier molecular flexibility index (Phi) is 4.56. The van der Waals surface area contributed by atoms with Gasteiger partial charge in [-0.15, -0.1) is 0 Å². The third-order valence-corrected chi connectivity index (χ3v) is 2.98. The highest BCUT2D eigenvalue weighted by Gasteiger charge is 2.08. The van der Waals surface area contributed by atoms with E-state index in [1.165, 1.54) is 0 Å². The van der Waals surface area contributed by atoms with E-state index in [2.05, 4.69) is 29.1 Å². The lowest BCUT2D eigenvalue weighted by molar-refractivity contribution is 0.415. The number of hydrogen-bond acceptors (Lipinski definition) is 4. The van der Waals surface area contributed by atoms with Crippen LogP contribution in [0.1, 0.15) is 19.5 Å². The smallest absolute Gasteiger partial charge is 0.161 e. The average Bonchev–Trinajstić information content (AvgIpc) is 2.46. The van der Waals surface area contributed by atoms with E-state index in [1.54, 1.807) is 7.11 Å². The number of hydrogen-bond donors (Lipinski definition) is 1. The molecule has 0 saturated carbocycles. The van der Waals surface area contributed by atoms with Gasteiger partial charge in [0.25, 0.3) is 0 Å². The van der Waals surface area contributed by atoms with Crippen LogP contribution in [0.3, 0.4) is 0 Å². The van der Waals surface area contributed by atoms with Crippen molar-refractivity contribution in [1.82, 2.24) is 9.97 Å². The second-order valence-electron chi connectivity index (χ2n) is 5.15. The highest BCUT2D eigenvalue weighted by Crippen LogP contribution is 2.23. The van der Waals surface area contributed by atoms with E-state index in [4.69, 9.17) is 4.74 Å².